The van der Waals surface area contributed by atoms with E-state index in [1.807, 2.05) is 74.5 Å². The second kappa shape index (κ2) is 13.8. The Labute approximate surface area is 237 Å². The minimum Gasteiger partial charge on any atom is -0.468 e. The number of carbonyl (C=O) groups excluding carboxylic acids is 3. The number of hydrogen-bond acceptors (Lipinski definition) is 8. The summed E-state index contributed by atoms with van der Waals surface area (Å²) in [6.45, 7) is 4.15. The van der Waals surface area contributed by atoms with Gasteiger partial charge in [-0.3, -0.25) is 24.7 Å². The Morgan fingerprint density at radius 2 is 1.68 bits per heavy atom. The SMILES string of the molecule is COC(=O)[C@H](Cc1ccc(NC(=O)c2cc3ccccc3s2)cn1)N[C@@H](CC(C)C)C(=O)OCc1ccccc1. The van der Waals surface area contributed by atoms with Crippen molar-refractivity contribution in [2.45, 2.75) is 45.4 Å². The van der Waals surface area contributed by atoms with Crippen molar-refractivity contribution in [2.75, 3.05) is 12.4 Å². The molecule has 2 atom stereocenters. The molecule has 0 fully saturated rings. The fourth-order valence-electron chi connectivity index (χ4n) is 4.24. The van der Waals surface area contributed by atoms with E-state index in [0.29, 0.717) is 22.7 Å². The van der Waals surface area contributed by atoms with Gasteiger partial charge in [0, 0.05) is 16.8 Å². The van der Waals surface area contributed by atoms with Crippen LogP contribution in [0.3, 0.4) is 0 Å². The van der Waals surface area contributed by atoms with E-state index in [1.165, 1.54) is 18.4 Å². The molecular weight excluding hydrogens is 526 g/mol. The van der Waals surface area contributed by atoms with Gasteiger partial charge in [0.15, 0.2) is 0 Å². The van der Waals surface area contributed by atoms with Crippen LogP contribution in [0.1, 0.15) is 41.2 Å². The monoisotopic (exact) mass is 559 g/mol. The first-order valence-electron chi connectivity index (χ1n) is 13.1. The number of benzene rings is 2. The van der Waals surface area contributed by atoms with E-state index in [4.69, 9.17) is 9.47 Å². The van der Waals surface area contributed by atoms with Gasteiger partial charge in [-0.15, -0.1) is 11.3 Å². The van der Waals surface area contributed by atoms with Crippen molar-refractivity contribution in [2.24, 2.45) is 5.92 Å². The van der Waals surface area contributed by atoms with Gasteiger partial charge in [0.05, 0.1) is 23.9 Å². The summed E-state index contributed by atoms with van der Waals surface area (Å²) in [4.78, 5) is 43.4. The Morgan fingerprint density at radius 1 is 0.925 bits per heavy atom. The summed E-state index contributed by atoms with van der Waals surface area (Å²) in [5.74, 6) is -0.968. The van der Waals surface area contributed by atoms with Gasteiger partial charge < -0.3 is 14.8 Å². The number of carbonyl (C=O) groups is 3. The van der Waals surface area contributed by atoms with Gasteiger partial charge in [0.1, 0.15) is 18.7 Å². The third kappa shape index (κ3) is 7.97. The molecule has 0 spiro atoms. The number of fused-ring (bicyclic) bond motifs is 1. The lowest BCUT2D eigenvalue weighted by Gasteiger charge is -2.24. The predicted molar refractivity (Wildman–Crippen MR) is 156 cm³/mol. The number of methoxy groups -OCH3 is 1. The normalized spacial score (nSPS) is 12.6. The first-order valence-corrected chi connectivity index (χ1v) is 13.9. The molecule has 4 aromatic rings. The molecule has 0 aliphatic carbocycles. The standard InChI is InChI=1S/C31H33N3O5S/c1-20(2)15-25(31(37)39-19-21-9-5-4-6-10-21)34-26(30(36)38-3)17-23-13-14-24(18-32-23)33-29(35)28-16-22-11-7-8-12-27(22)40-28/h4-14,16,18,20,25-26,34H,15,17,19H2,1-3H3,(H,33,35)/t25-,26-/m0/s1. The number of nitrogens with one attached hydrogen (secondary N) is 2. The Bertz CT molecular complexity index is 1400. The van der Waals surface area contributed by atoms with Gasteiger partial charge in [0.25, 0.3) is 5.91 Å². The zero-order valence-corrected chi connectivity index (χ0v) is 23.6. The van der Waals surface area contributed by atoms with Crippen molar-refractivity contribution in [3.63, 3.8) is 0 Å². The molecule has 2 aromatic heterocycles. The molecule has 0 unspecified atom stereocenters. The van der Waals surface area contributed by atoms with Crippen molar-refractivity contribution in [3.05, 3.63) is 95.1 Å². The Hall–Kier alpha value is -4.08. The van der Waals surface area contributed by atoms with Gasteiger partial charge in [0.2, 0.25) is 0 Å². The van der Waals surface area contributed by atoms with Gasteiger partial charge in [-0.1, -0.05) is 62.4 Å². The van der Waals surface area contributed by atoms with E-state index in [2.05, 4.69) is 15.6 Å². The Balaban J connectivity index is 1.40. The van der Waals surface area contributed by atoms with Crippen molar-refractivity contribution in [1.29, 1.82) is 0 Å². The number of rotatable bonds is 12. The molecule has 2 N–H and O–H groups in total. The van der Waals surface area contributed by atoms with Crippen molar-refractivity contribution in [1.82, 2.24) is 10.3 Å². The third-order valence-corrected chi connectivity index (χ3v) is 7.36. The minimum atomic E-state index is -0.815. The highest BCUT2D eigenvalue weighted by Gasteiger charge is 2.29. The summed E-state index contributed by atoms with van der Waals surface area (Å²) in [6, 6.07) is 21.1. The number of esters is 2. The lowest BCUT2D eigenvalue weighted by Crippen LogP contribution is -2.49. The molecule has 208 valence electrons. The average molecular weight is 560 g/mol. The highest BCUT2D eigenvalue weighted by molar-refractivity contribution is 7.20. The molecule has 0 aliphatic heterocycles. The molecule has 2 aromatic carbocycles. The lowest BCUT2D eigenvalue weighted by molar-refractivity contribution is -0.149. The molecule has 1 amide bonds. The van der Waals surface area contributed by atoms with Crippen LogP contribution in [0, 0.1) is 5.92 Å². The number of amides is 1. The highest BCUT2D eigenvalue weighted by Crippen LogP contribution is 2.26. The van der Waals surface area contributed by atoms with Crippen LogP contribution in [0.2, 0.25) is 0 Å². The maximum absolute atomic E-state index is 13.0. The Kier molecular flexibility index (Phi) is 9.99. The topological polar surface area (TPSA) is 107 Å². The molecule has 0 saturated heterocycles. The average Bonchev–Trinajstić information content (AvgIpc) is 3.41. The highest BCUT2D eigenvalue weighted by atomic mass is 32.1. The minimum absolute atomic E-state index is 0.148. The summed E-state index contributed by atoms with van der Waals surface area (Å²) in [7, 11) is 1.31. The largest absolute Gasteiger partial charge is 0.468 e. The van der Waals surface area contributed by atoms with E-state index in [0.717, 1.165) is 15.6 Å². The fraction of sp³-hybridized carbons (Fsp3) is 0.290. The van der Waals surface area contributed by atoms with E-state index in [1.54, 1.807) is 18.3 Å². The molecule has 0 radical (unpaired) electrons. The number of anilines is 1. The molecule has 0 saturated carbocycles. The van der Waals surface area contributed by atoms with Crippen LogP contribution in [-0.4, -0.2) is 42.0 Å². The zero-order chi connectivity index (χ0) is 28.5. The molecule has 8 nitrogen and oxygen atoms in total. The number of pyridine rings is 1. The quantitative estimate of drug-likeness (QED) is 0.225. The number of nitrogens with zero attached hydrogens (tertiary/aromatic N) is 1. The predicted octanol–water partition coefficient (Wildman–Crippen LogP) is 5.38. The van der Waals surface area contributed by atoms with Crippen molar-refractivity contribution >= 4 is 45.0 Å². The third-order valence-electron chi connectivity index (χ3n) is 6.25. The molecule has 9 heteroatoms. The van der Waals surface area contributed by atoms with Gasteiger partial charge >= 0.3 is 11.9 Å². The molecule has 4 rings (SSSR count). The first-order chi connectivity index (χ1) is 19.3. The molecular formula is C31H33N3O5S. The Morgan fingerprint density at radius 3 is 2.35 bits per heavy atom. The smallest absolute Gasteiger partial charge is 0.323 e. The van der Waals surface area contributed by atoms with E-state index in [-0.39, 0.29) is 24.9 Å². The van der Waals surface area contributed by atoms with Crippen molar-refractivity contribution in [3.8, 4) is 0 Å². The van der Waals surface area contributed by atoms with E-state index >= 15 is 0 Å². The summed E-state index contributed by atoms with van der Waals surface area (Å²) >= 11 is 1.43. The second-order valence-electron chi connectivity index (χ2n) is 9.86. The van der Waals surface area contributed by atoms with Crippen LogP contribution in [0.5, 0.6) is 0 Å². The van der Waals surface area contributed by atoms with Crippen molar-refractivity contribution < 1.29 is 23.9 Å². The van der Waals surface area contributed by atoms with Crippen LogP contribution in [0.15, 0.2) is 79.0 Å². The second-order valence-corrected chi connectivity index (χ2v) is 10.9. The first kappa shape index (κ1) is 28.9. The summed E-state index contributed by atoms with van der Waals surface area (Å²) < 4.78 is 11.6. The number of hydrogen-bond donors (Lipinski definition) is 2. The van der Waals surface area contributed by atoms with Crippen LogP contribution < -0.4 is 10.6 Å². The zero-order valence-electron chi connectivity index (χ0n) is 22.8. The molecule has 2 heterocycles. The summed E-state index contributed by atoms with van der Waals surface area (Å²) in [5, 5.41) is 7.04. The van der Waals surface area contributed by atoms with Crippen LogP contribution >= 0.6 is 11.3 Å². The maximum atomic E-state index is 13.0. The lowest BCUT2D eigenvalue weighted by atomic mass is 10.0. The van der Waals surface area contributed by atoms with Crippen LogP contribution in [0.4, 0.5) is 5.69 Å². The van der Waals surface area contributed by atoms with E-state index < -0.39 is 24.0 Å². The maximum Gasteiger partial charge on any atom is 0.323 e. The van der Waals surface area contributed by atoms with Gasteiger partial charge in [-0.2, -0.15) is 0 Å². The summed E-state index contributed by atoms with van der Waals surface area (Å²) in [6.07, 6.45) is 2.23. The number of aromatic nitrogens is 1. The molecule has 0 aliphatic rings. The molecule has 0 bridgehead atoms. The fourth-order valence-corrected chi connectivity index (χ4v) is 5.20. The van der Waals surface area contributed by atoms with Crippen LogP contribution in [-0.2, 0) is 32.1 Å². The number of ether oxygens (including phenoxy) is 2. The molecule has 40 heavy (non-hydrogen) atoms. The summed E-state index contributed by atoms with van der Waals surface area (Å²) in [5.41, 5.74) is 2.02. The van der Waals surface area contributed by atoms with E-state index in [9.17, 15) is 14.4 Å². The van der Waals surface area contributed by atoms with Crippen LogP contribution in [0.25, 0.3) is 10.1 Å². The number of thiophene rings is 1. The van der Waals surface area contributed by atoms with Gasteiger partial charge in [-0.05, 0) is 47.6 Å². The van der Waals surface area contributed by atoms with Gasteiger partial charge in [-0.25, -0.2) is 0 Å².